The molecule has 6 heteroatoms. The number of fused-ring (bicyclic) bond motifs is 1. The van der Waals surface area contributed by atoms with E-state index in [2.05, 4.69) is 16.3 Å². The van der Waals surface area contributed by atoms with Gasteiger partial charge in [-0.1, -0.05) is 6.07 Å². The molecule has 0 saturated carbocycles. The van der Waals surface area contributed by atoms with Gasteiger partial charge in [0.05, 0.1) is 5.69 Å². The van der Waals surface area contributed by atoms with Gasteiger partial charge in [-0.15, -0.1) is 0 Å². The highest BCUT2D eigenvalue weighted by molar-refractivity contribution is 5.68. The summed E-state index contributed by atoms with van der Waals surface area (Å²) in [6, 6.07) is 4.11. The third kappa shape index (κ3) is 2.42. The molecule has 110 valence electrons. The number of nitrogens with zero attached hydrogens (tertiary/aromatic N) is 1. The van der Waals surface area contributed by atoms with Crippen molar-refractivity contribution in [3.8, 4) is 11.5 Å². The number of nitrogens with two attached hydrogens (primary N) is 2. The fourth-order valence-corrected chi connectivity index (χ4v) is 2.67. The Morgan fingerprint density at radius 2 is 2.00 bits per heavy atom. The second-order valence-corrected chi connectivity index (χ2v) is 5.13. The standard InChI is InChI=1S/C14H22N4O2/c15-7-10-1-2-12(18-5-3-17-4-6-18)14-13(10)19-9-11(8-16)20-14/h1-2,11,17H,3-9,15-16H2. The molecule has 0 amide bonds. The number of piperazine rings is 1. The zero-order valence-electron chi connectivity index (χ0n) is 11.6. The number of nitrogens with one attached hydrogen (secondary N) is 1. The Hall–Kier alpha value is -1.50. The smallest absolute Gasteiger partial charge is 0.185 e. The summed E-state index contributed by atoms with van der Waals surface area (Å²) >= 11 is 0. The highest BCUT2D eigenvalue weighted by Gasteiger charge is 2.27. The van der Waals surface area contributed by atoms with Gasteiger partial charge in [-0.05, 0) is 6.07 Å². The van der Waals surface area contributed by atoms with Crippen LogP contribution in [0.15, 0.2) is 12.1 Å². The molecule has 0 spiro atoms. The number of anilines is 1. The maximum absolute atomic E-state index is 6.04. The predicted octanol–water partition coefficient (Wildman–Crippen LogP) is -0.347. The van der Waals surface area contributed by atoms with Gasteiger partial charge in [0.25, 0.3) is 0 Å². The minimum absolute atomic E-state index is 0.0859. The summed E-state index contributed by atoms with van der Waals surface area (Å²) in [5.41, 5.74) is 13.6. The molecule has 1 saturated heterocycles. The first-order valence-corrected chi connectivity index (χ1v) is 7.14. The van der Waals surface area contributed by atoms with Crippen LogP contribution in [-0.4, -0.2) is 45.4 Å². The van der Waals surface area contributed by atoms with Gasteiger partial charge in [-0.25, -0.2) is 0 Å². The highest BCUT2D eigenvalue weighted by Crippen LogP contribution is 2.43. The van der Waals surface area contributed by atoms with E-state index in [0.29, 0.717) is 19.7 Å². The molecule has 1 aromatic carbocycles. The molecule has 20 heavy (non-hydrogen) atoms. The Morgan fingerprint density at radius 3 is 2.70 bits per heavy atom. The van der Waals surface area contributed by atoms with Crippen molar-refractivity contribution < 1.29 is 9.47 Å². The number of rotatable bonds is 3. The molecule has 1 aromatic rings. The van der Waals surface area contributed by atoms with Gasteiger partial charge >= 0.3 is 0 Å². The van der Waals surface area contributed by atoms with Crippen LogP contribution in [0.2, 0.25) is 0 Å². The Labute approximate surface area is 119 Å². The average molecular weight is 278 g/mol. The molecular formula is C14H22N4O2. The molecule has 2 aliphatic rings. The Bertz CT molecular complexity index is 474. The lowest BCUT2D eigenvalue weighted by Crippen LogP contribution is -2.44. The molecule has 0 bridgehead atoms. The Balaban J connectivity index is 1.97. The van der Waals surface area contributed by atoms with Crippen molar-refractivity contribution in [1.29, 1.82) is 0 Å². The lowest BCUT2D eigenvalue weighted by Gasteiger charge is -2.35. The second-order valence-electron chi connectivity index (χ2n) is 5.13. The van der Waals surface area contributed by atoms with Crippen molar-refractivity contribution in [1.82, 2.24) is 5.32 Å². The molecule has 2 heterocycles. The summed E-state index contributed by atoms with van der Waals surface area (Å²) in [4.78, 5) is 2.32. The van der Waals surface area contributed by atoms with Crippen molar-refractivity contribution in [3.63, 3.8) is 0 Å². The molecule has 1 atom stereocenters. The van der Waals surface area contributed by atoms with Crippen molar-refractivity contribution in [2.75, 3.05) is 44.2 Å². The fraction of sp³-hybridized carbons (Fsp3) is 0.571. The largest absolute Gasteiger partial charge is 0.485 e. The van der Waals surface area contributed by atoms with E-state index in [1.807, 2.05) is 6.07 Å². The third-order valence-corrected chi connectivity index (χ3v) is 3.81. The summed E-state index contributed by atoms with van der Waals surface area (Å²) < 4.78 is 11.9. The number of benzene rings is 1. The molecule has 0 aliphatic carbocycles. The average Bonchev–Trinajstić information content (AvgIpc) is 2.54. The monoisotopic (exact) mass is 278 g/mol. The van der Waals surface area contributed by atoms with E-state index in [9.17, 15) is 0 Å². The van der Waals surface area contributed by atoms with Gasteiger partial charge in [0.15, 0.2) is 11.5 Å². The van der Waals surface area contributed by atoms with Gasteiger partial charge in [-0.3, -0.25) is 0 Å². The van der Waals surface area contributed by atoms with Crippen LogP contribution in [0, 0.1) is 0 Å². The summed E-state index contributed by atoms with van der Waals surface area (Å²) in [5.74, 6) is 1.59. The van der Waals surface area contributed by atoms with Crippen LogP contribution in [0.4, 0.5) is 5.69 Å². The van der Waals surface area contributed by atoms with E-state index in [1.54, 1.807) is 0 Å². The van der Waals surface area contributed by atoms with Crippen LogP contribution in [0.25, 0.3) is 0 Å². The molecule has 1 fully saturated rings. The highest BCUT2D eigenvalue weighted by atomic mass is 16.6. The number of ether oxygens (including phenoxy) is 2. The molecule has 0 radical (unpaired) electrons. The van der Waals surface area contributed by atoms with E-state index in [1.165, 1.54) is 0 Å². The maximum atomic E-state index is 6.04. The van der Waals surface area contributed by atoms with Crippen molar-refractivity contribution in [2.45, 2.75) is 12.6 Å². The van der Waals surface area contributed by atoms with Gasteiger partial charge in [0, 0.05) is 44.8 Å². The minimum Gasteiger partial charge on any atom is -0.485 e. The lowest BCUT2D eigenvalue weighted by molar-refractivity contribution is 0.0963. The van der Waals surface area contributed by atoms with E-state index in [0.717, 1.165) is 48.9 Å². The summed E-state index contributed by atoms with van der Waals surface area (Å²) in [6.45, 7) is 5.27. The molecule has 0 aromatic heterocycles. The van der Waals surface area contributed by atoms with Gasteiger partial charge in [0.1, 0.15) is 12.7 Å². The number of hydrogen-bond donors (Lipinski definition) is 3. The molecule has 1 unspecified atom stereocenters. The molecule has 2 aliphatic heterocycles. The normalized spacial score (nSPS) is 21.9. The zero-order valence-corrected chi connectivity index (χ0v) is 11.6. The van der Waals surface area contributed by atoms with Crippen LogP contribution < -0.4 is 31.2 Å². The first-order chi connectivity index (χ1) is 9.83. The predicted molar refractivity (Wildman–Crippen MR) is 78.4 cm³/mol. The maximum Gasteiger partial charge on any atom is 0.185 e. The van der Waals surface area contributed by atoms with E-state index < -0.39 is 0 Å². The van der Waals surface area contributed by atoms with Crippen LogP contribution in [0.3, 0.4) is 0 Å². The molecular weight excluding hydrogens is 256 g/mol. The summed E-state index contributed by atoms with van der Waals surface area (Å²) in [5, 5.41) is 3.35. The second kappa shape index (κ2) is 5.87. The fourth-order valence-electron chi connectivity index (χ4n) is 2.67. The van der Waals surface area contributed by atoms with Crippen LogP contribution >= 0.6 is 0 Å². The summed E-state index contributed by atoms with van der Waals surface area (Å²) in [6.07, 6.45) is -0.0859. The molecule has 3 rings (SSSR count). The van der Waals surface area contributed by atoms with Crippen LogP contribution in [0.1, 0.15) is 5.56 Å². The van der Waals surface area contributed by atoms with Crippen molar-refractivity contribution in [2.24, 2.45) is 11.5 Å². The first kappa shape index (κ1) is 13.5. The quantitative estimate of drug-likeness (QED) is 0.701. The van der Waals surface area contributed by atoms with E-state index >= 15 is 0 Å². The van der Waals surface area contributed by atoms with Gasteiger partial charge in [-0.2, -0.15) is 0 Å². The topological polar surface area (TPSA) is 85.8 Å². The van der Waals surface area contributed by atoms with Gasteiger partial charge < -0.3 is 31.2 Å². The SMILES string of the molecule is NCc1ccc(N2CCNCC2)c2c1OCC(CN)O2. The zero-order chi connectivity index (χ0) is 13.9. The van der Waals surface area contributed by atoms with Crippen LogP contribution in [-0.2, 0) is 6.54 Å². The minimum atomic E-state index is -0.0859. The van der Waals surface area contributed by atoms with Crippen molar-refractivity contribution >= 4 is 5.69 Å². The summed E-state index contributed by atoms with van der Waals surface area (Å²) in [7, 11) is 0. The first-order valence-electron chi connectivity index (χ1n) is 7.14. The lowest BCUT2D eigenvalue weighted by atomic mass is 10.1. The molecule has 6 nitrogen and oxygen atoms in total. The van der Waals surface area contributed by atoms with Crippen LogP contribution in [0.5, 0.6) is 11.5 Å². The van der Waals surface area contributed by atoms with E-state index in [-0.39, 0.29) is 6.10 Å². The Morgan fingerprint density at radius 1 is 1.20 bits per heavy atom. The number of hydrogen-bond acceptors (Lipinski definition) is 6. The Kier molecular flexibility index (Phi) is 3.95. The van der Waals surface area contributed by atoms with E-state index in [4.69, 9.17) is 20.9 Å². The van der Waals surface area contributed by atoms with Crippen molar-refractivity contribution in [3.05, 3.63) is 17.7 Å². The van der Waals surface area contributed by atoms with Gasteiger partial charge in [0.2, 0.25) is 0 Å². The third-order valence-electron chi connectivity index (χ3n) is 3.81. The molecule has 5 N–H and O–H groups in total.